The third-order valence-electron chi connectivity index (χ3n) is 6.05. The molecule has 0 spiro atoms. The van der Waals surface area contributed by atoms with Crippen molar-refractivity contribution in [3.05, 3.63) is 57.6 Å². The van der Waals surface area contributed by atoms with Gasteiger partial charge in [0.05, 0.1) is 0 Å². The van der Waals surface area contributed by atoms with Gasteiger partial charge in [0.15, 0.2) is 0 Å². The first kappa shape index (κ1) is 20.4. The molecule has 0 saturated carbocycles. The molecule has 0 amide bonds. The first-order chi connectivity index (χ1) is 12.2. The number of hydrogen-bond donors (Lipinski definition) is 2. The Morgan fingerprint density at radius 1 is 0.654 bits per heavy atom. The summed E-state index contributed by atoms with van der Waals surface area (Å²) in [6, 6.07) is 8.16. The van der Waals surface area contributed by atoms with Gasteiger partial charge < -0.3 is 10.2 Å². The van der Waals surface area contributed by atoms with Gasteiger partial charge in [-0.2, -0.15) is 0 Å². The minimum Gasteiger partial charge on any atom is -0.508 e. The van der Waals surface area contributed by atoms with Crippen LogP contribution in [-0.4, -0.2) is 10.2 Å². The highest BCUT2D eigenvalue weighted by Gasteiger charge is 2.20. The molecule has 0 aromatic heterocycles. The van der Waals surface area contributed by atoms with Crippen LogP contribution in [-0.2, 0) is 0 Å². The predicted octanol–water partition coefficient (Wildman–Crippen LogP) is 6.89. The van der Waals surface area contributed by atoms with Gasteiger partial charge >= 0.3 is 0 Å². The standard InChI is InChI=1S/C24H34O2/c1-8-14(3)21-12-19(16(5)10-23(21)25)18(7)20-13-22(15(4)9-2)24(26)11-17(20)6/h10-15,18,25-26H,8-9H2,1-7H3. The molecule has 26 heavy (non-hydrogen) atoms. The molecule has 2 unspecified atom stereocenters. The zero-order valence-corrected chi connectivity index (χ0v) is 17.4. The third-order valence-corrected chi connectivity index (χ3v) is 6.05. The van der Waals surface area contributed by atoms with Crippen molar-refractivity contribution in [2.75, 3.05) is 0 Å². The molecular weight excluding hydrogens is 320 g/mol. The summed E-state index contributed by atoms with van der Waals surface area (Å²) in [6.45, 7) is 15.0. The minimum absolute atomic E-state index is 0.210. The van der Waals surface area contributed by atoms with Crippen LogP contribution in [0.1, 0.15) is 98.6 Å². The van der Waals surface area contributed by atoms with E-state index in [1.165, 1.54) is 11.1 Å². The van der Waals surface area contributed by atoms with Crippen molar-refractivity contribution in [1.82, 2.24) is 0 Å². The van der Waals surface area contributed by atoms with Crippen molar-refractivity contribution < 1.29 is 10.2 Å². The number of aryl methyl sites for hydroxylation is 2. The Morgan fingerprint density at radius 3 is 1.31 bits per heavy atom. The summed E-state index contributed by atoms with van der Waals surface area (Å²) in [7, 11) is 0. The SMILES string of the molecule is CCC(C)c1cc(C(C)c2cc(C(C)CC)c(O)cc2C)c(C)cc1O. The van der Waals surface area contributed by atoms with Crippen molar-refractivity contribution in [3.63, 3.8) is 0 Å². The first-order valence-corrected chi connectivity index (χ1v) is 9.87. The van der Waals surface area contributed by atoms with Gasteiger partial charge in [0, 0.05) is 5.92 Å². The molecule has 0 aliphatic heterocycles. The molecule has 2 heteroatoms. The molecule has 0 bridgehead atoms. The van der Waals surface area contributed by atoms with Crippen molar-refractivity contribution in [1.29, 1.82) is 0 Å². The van der Waals surface area contributed by atoms with Crippen LogP contribution in [0, 0.1) is 13.8 Å². The van der Waals surface area contributed by atoms with Crippen molar-refractivity contribution in [2.45, 2.75) is 79.1 Å². The molecule has 2 nitrogen and oxygen atoms in total. The van der Waals surface area contributed by atoms with Gasteiger partial charge in [0.1, 0.15) is 11.5 Å². The lowest BCUT2D eigenvalue weighted by atomic mass is 9.82. The maximum Gasteiger partial charge on any atom is 0.119 e. The highest BCUT2D eigenvalue weighted by molar-refractivity contribution is 5.51. The topological polar surface area (TPSA) is 40.5 Å². The Balaban J connectivity index is 2.57. The lowest BCUT2D eigenvalue weighted by Crippen LogP contribution is -2.05. The molecule has 0 heterocycles. The van der Waals surface area contributed by atoms with E-state index in [1.54, 1.807) is 0 Å². The van der Waals surface area contributed by atoms with Crippen LogP contribution in [0.2, 0.25) is 0 Å². The van der Waals surface area contributed by atoms with Gasteiger partial charge in [-0.3, -0.25) is 0 Å². The van der Waals surface area contributed by atoms with Crippen LogP contribution >= 0.6 is 0 Å². The Labute approximate surface area is 158 Å². The average molecular weight is 355 g/mol. The zero-order valence-electron chi connectivity index (χ0n) is 17.4. The third kappa shape index (κ3) is 3.90. The number of aromatic hydroxyl groups is 2. The second kappa shape index (κ2) is 8.16. The molecule has 2 rings (SSSR count). The van der Waals surface area contributed by atoms with Crippen LogP contribution in [0.25, 0.3) is 0 Å². The van der Waals surface area contributed by atoms with Crippen molar-refractivity contribution >= 4 is 0 Å². The van der Waals surface area contributed by atoms with E-state index >= 15 is 0 Å². The molecule has 0 fully saturated rings. The Kier molecular flexibility index (Phi) is 6.39. The number of hydrogen-bond acceptors (Lipinski definition) is 2. The van der Waals surface area contributed by atoms with Gasteiger partial charge in [-0.15, -0.1) is 0 Å². The molecule has 2 aromatic carbocycles. The van der Waals surface area contributed by atoms with E-state index < -0.39 is 0 Å². The molecule has 0 radical (unpaired) electrons. The Morgan fingerprint density at radius 2 is 1.00 bits per heavy atom. The minimum atomic E-state index is 0.210. The van der Waals surface area contributed by atoms with Gasteiger partial charge in [-0.25, -0.2) is 0 Å². The lowest BCUT2D eigenvalue weighted by molar-refractivity contribution is 0.460. The Hall–Kier alpha value is -1.96. The summed E-state index contributed by atoms with van der Waals surface area (Å²) in [6.07, 6.45) is 2.00. The smallest absolute Gasteiger partial charge is 0.119 e. The second-order valence-electron chi connectivity index (χ2n) is 7.88. The van der Waals surface area contributed by atoms with E-state index in [1.807, 2.05) is 12.1 Å². The van der Waals surface area contributed by atoms with Crippen molar-refractivity contribution in [2.24, 2.45) is 0 Å². The summed E-state index contributed by atoms with van der Waals surface area (Å²) in [5, 5.41) is 20.8. The summed E-state index contributed by atoms with van der Waals surface area (Å²) >= 11 is 0. The summed E-state index contributed by atoms with van der Waals surface area (Å²) < 4.78 is 0. The monoisotopic (exact) mass is 354 g/mol. The molecule has 0 saturated heterocycles. The lowest BCUT2D eigenvalue weighted by Gasteiger charge is -2.23. The first-order valence-electron chi connectivity index (χ1n) is 9.87. The van der Waals surface area contributed by atoms with Gasteiger partial charge in [-0.1, -0.05) is 46.8 Å². The maximum absolute atomic E-state index is 10.4. The number of benzene rings is 2. The van der Waals surface area contributed by atoms with E-state index in [-0.39, 0.29) is 5.92 Å². The molecule has 2 aromatic rings. The van der Waals surface area contributed by atoms with Crippen LogP contribution in [0.5, 0.6) is 11.5 Å². The number of phenolic OH excluding ortho intramolecular Hbond substituents is 2. The molecule has 0 aliphatic rings. The molecule has 2 N–H and O–H groups in total. The summed E-state index contributed by atoms with van der Waals surface area (Å²) in [4.78, 5) is 0. The molecular formula is C24H34O2. The van der Waals surface area contributed by atoms with E-state index in [0.717, 1.165) is 35.1 Å². The fourth-order valence-electron chi connectivity index (χ4n) is 3.78. The van der Waals surface area contributed by atoms with Crippen LogP contribution in [0.3, 0.4) is 0 Å². The number of phenols is 2. The largest absolute Gasteiger partial charge is 0.508 e. The fourth-order valence-corrected chi connectivity index (χ4v) is 3.78. The van der Waals surface area contributed by atoms with Gasteiger partial charge in [0.2, 0.25) is 0 Å². The number of rotatable bonds is 6. The highest BCUT2D eigenvalue weighted by Crippen LogP contribution is 2.39. The normalized spacial score (nSPS) is 14.9. The molecule has 0 aliphatic carbocycles. The quantitative estimate of drug-likeness (QED) is 0.592. The van der Waals surface area contributed by atoms with Crippen LogP contribution in [0.15, 0.2) is 24.3 Å². The zero-order chi connectivity index (χ0) is 19.6. The highest BCUT2D eigenvalue weighted by atomic mass is 16.3. The van der Waals surface area contributed by atoms with Crippen LogP contribution < -0.4 is 0 Å². The summed E-state index contributed by atoms with van der Waals surface area (Å²) in [5.74, 6) is 1.67. The van der Waals surface area contributed by atoms with E-state index in [4.69, 9.17) is 0 Å². The van der Waals surface area contributed by atoms with Gasteiger partial charge in [0.25, 0.3) is 0 Å². The van der Waals surface area contributed by atoms with Crippen molar-refractivity contribution in [3.8, 4) is 11.5 Å². The predicted molar refractivity (Wildman–Crippen MR) is 111 cm³/mol. The summed E-state index contributed by atoms with van der Waals surface area (Å²) in [5.41, 5.74) is 6.78. The van der Waals surface area contributed by atoms with E-state index in [9.17, 15) is 10.2 Å². The van der Waals surface area contributed by atoms with E-state index in [2.05, 4.69) is 60.6 Å². The van der Waals surface area contributed by atoms with Crippen LogP contribution in [0.4, 0.5) is 0 Å². The second-order valence-corrected chi connectivity index (χ2v) is 7.88. The fraction of sp³-hybridized carbons (Fsp3) is 0.500. The average Bonchev–Trinajstić information content (AvgIpc) is 2.60. The molecule has 2 atom stereocenters. The maximum atomic E-state index is 10.4. The molecule has 142 valence electrons. The van der Waals surface area contributed by atoms with E-state index in [0.29, 0.717) is 23.3 Å². The Bertz CT molecular complexity index is 711. The van der Waals surface area contributed by atoms with Gasteiger partial charge in [-0.05, 0) is 84.0 Å².